The normalized spacial score (nSPS) is 5.24. The van der Waals surface area contributed by atoms with E-state index in [0.29, 0.717) is 18.6 Å². The molecule has 0 atom stereocenters. The van der Waals surface area contributed by atoms with Crippen molar-refractivity contribution in [2.45, 2.75) is 166 Å². The van der Waals surface area contributed by atoms with Gasteiger partial charge in [0, 0.05) is 31.7 Å². The number of carbonyl (C=O) groups excluding carboxylic acids is 2. The smallest absolute Gasteiger partial charge is 0.234 e. The third kappa shape index (κ3) is 1010. The summed E-state index contributed by atoms with van der Waals surface area (Å²) in [5.74, 6) is 2.65. The summed E-state index contributed by atoms with van der Waals surface area (Å²) in [6, 6.07) is 0. The molecule has 14 nitrogen and oxygen atoms in total. The summed E-state index contributed by atoms with van der Waals surface area (Å²) in [5.41, 5.74) is 46.5. The Kier molecular flexibility index (Phi) is 1180. The average Bonchev–Trinajstić information content (AvgIpc) is 3.38. The molecule has 0 rings (SSSR count). The van der Waals surface area contributed by atoms with Gasteiger partial charge in [-0.15, -0.1) is 26.3 Å². The maximum absolute atomic E-state index is 10.9. The summed E-state index contributed by atoms with van der Waals surface area (Å²) in [6.07, 6.45) is 8.07. The van der Waals surface area contributed by atoms with Crippen LogP contribution in [-0.4, -0.2) is 98.5 Å². The number of allylic oxidation sites excluding steroid dienone is 4. The van der Waals surface area contributed by atoms with Crippen LogP contribution >= 0.6 is 24.4 Å². The lowest BCUT2D eigenvalue weighted by molar-refractivity contribution is -0.122. The van der Waals surface area contributed by atoms with Crippen molar-refractivity contribution in [2.24, 2.45) is 45.9 Å². The van der Waals surface area contributed by atoms with Crippen LogP contribution < -0.4 is 67.6 Å². The number of hydrazine groups is 2. The molecule has 0 radical (unpaired) electrons. The second-order valence-corrected chi connectivity index (χ2v) is 7.05. The van der Waals surface area contributed by atoms with E-state index in [1.807, 2.05) is 138 Å². The summed E-state index contributed by atoms with van der Waals surface area (Å²) < 4.78 is 0. The van der Waals surface area contributed by atoms with E-state index in [-0.39, 0.29) is 19.2 Å². The summed E-state index contributed by atoms with van der Waals surface area (Å²) in [7, 11) is 12.0. The zero-order valence-electron chi connectivity index (χ0n) is 48.4. The number of nitrogens with one attached hydrogen (secondary N) is 4. The lowest BCUT2D eigenvalue weighted by Gasteiger charge is -2.03. The third-order valence-corrected chi connectivity index (χ3v) is 2.95. The van der Waals surface area contributed by atoms with E-state index in [2.05, 4.69) is 113 Å². The van der Waals surface area contributed by atoms with Gasteiger partial charge >= 0.3 is 0 Å². The highest BCUT2D eigenvalue weighted by molar-refractivity contribution is 7.99. The molecule has 0 unspecified atom stereocenters. The first-order valence-corrected chi connectivity index (χ1v) is 24.2. The highest BCUT2D eigenvalue weighted by atomic mass is 32.2. The summed E-state index contributed by atoms with van der Waals surface area (Å²) >= 11 is 5.67. The first-order chi connectivity index (χ1) is 30.3. The fourth-order valence-corrected chi connectivity index (χ4v) is 1.73. The molecule has 0 saturated heterocycles. The van der Waals surface area contributed by atoms with Crippen molar-refractivity contribution < 1.29 is 9.59 Å². The first-order valence-electron chi connectivity index (χ1n) is 22.4. The third-order valence-electron chi connectivity index (χ3n) is 1.83. The Morgan fingerprint density at radius 3 is 0.730 bits per heavy atom. The monoisotopic (exact) mass is 967 g/mol. The van der Waals surface area contributed by atoms with Crippen LogP contribution in [-0.2, 0) is 9.59 Å². The van der Waals surface area contributed by atoms with E-state index in [4.69, 9.17) is 0 Å². The second kappa shape index (κ2) is 517. The van der Waals surface area contributed by atoms with Gasteiger partial charge in [0.05, 0.1) is 0 Å². The van der Waals surface area contributed by atoms with Crippen molar-refractivity contribution in [3.05, 3.63) is 50.6 Å². The minimum atomic E-state index is -0.00755. The van der Waals surface area contributed by atoms with Gasteiger partial charge in [-0.25, -0.2) is 10.9 Å². The van der Waals surface area contributed by atoms with Gasteiger partial charge in [-0.3, -0.25) is 20.4 Å². The lowest BCUT2D eigenvalue weighted by atomic mass is 10.5. The van der Waals surface area contributed by atoms with Crippen molar-refractivity contribution in [3.8, 4) is 0 Å². The molecule has 0 spiro atoms. The largest absolute Gasteiger partial charge is 0.333 e. The fourth-order valence-electron chi connectivity index (χ4n) is 0.910. The van der Waals surface area contributed by atoms with Crippen LogP contribution in [0.2, 0.25) is 0 Å². The number of nitrogens with two attached hydrogens (primary N) is 8. The number of amides is 2. The Labute approximate surface area is 414 Å². The van der Waals surface area contributed by atoms with Crippen molar-refractivity contribution in [1.29, 1.82) is 0 Å². The standard InChI is InChI=1S/C7H16N2OS.C5H12N2OS.4C3H6.7C2H6.8CH5N.CH4/c1-3-8-9-7(10)5-6-11-4-2;1-2-6-7-5(8)3-4-9;4*1-3-2;15*1-2;/h8H,3-6H2,1-2H3,(H,9,10);6,9H,2-4H2,1H3,(H,7,8);4*3H,1H2,2H3;7*1-2H3;8*2H2,1H3;1H4. The molecule has 0 aliphatic carbocycles. The SMILES string of the molecule is C.C=CC.C=CC.C=CC.C=CC.CC.CC.CC.CC.CC.CC.CC.CCNNC(=O)CCS.CCNNC(=O)CCSCC.CN.CN.CN.CN.CN.CN.CN.CN. The Hall–Kier alpha value is -1.80. The van der Waals surface area contributed by atoms with Gasteiger partial charge in [-0.05, 0) is 95.6 Å². The van der Waals surface area contributed by atoms with Crippen molar-refractivity contribution in [3.63, 3.8) is 0 Å². The fraction of sp³-hybridized carbons (Fsp3) is 0.787. The minimum absolute atomic E-state index is 0. The number of hydrogen-bond donors (Lipinski definition) is 13. The van der Waals surface area contributed by atoms with Gasteiger partial charge in [-0.2, -0.15) is 24.4 Å². The van der Waals surface area contributed by atoms with Crippen LogP contribution in [0.1, 0.15) is 166 Å². The molecule has 0 aromatic heterocycles. The molecule has 0 aromatic rings. The lowest BCUT2D eigenvalue weighted by Crippen LogP contribution is -2.37. The predicted molar refractivity (Wildman–Crippen MR) is 320 cm³/mol. The molecule has 0 saturated carbocycles. The van der Waals surface area contributed by atoms with Crippen LogP contribution in [0.25, 0.3) is 0 Å². The molecule has 0 fully saturated rings. The zero-order chi connectivity index (χ0) is 56.5. The number of thiol groups is 1. The molecular weight excluding hydrogens is 829 g/mol. The highest BCUT2D eigenvalue weighted by Crippen LogP contribution is 1.99. The maximum Gasteiger partial charge on any atom is 0.234 e. The van der Waals surface area contributed by atoms with Gasteiger partial charge in [-0.1, -0.05) is 149 Å². The highest BCUT2D eigenvalue weighted by Gasteiger charge is 1.97. The molecule has 63 heavy (non-hydrogen) atoms. The number of rotatable bonds is 10. The molecule has 20 N–H and O–H groups in total. The minimum Gasteiger partial charge on any atom is -0.333 e. The Balaban J connectivity index is -0.0000000148. The van der Waals surface area contributed by atoms with Crippen molar-refractivity contribution in [1.82, 2.24) is 21.7 Å². The molecule has 0 aliphatic heterocycles. The van der Waals surface area contributed by atoms with Crippen LogP contribution in [0.4, 0.5) is 0 Å². The molecule has 2 amide bonds. The quantitative estimate of drug-likeness (QED) is 0.0420. The van der Waals surface area contributed by atoms with Gasteiger partial charge in [0.2, 0.25) is 11.8 Å². The van der Waals surface area contributed by atoms with E-state index < -0.39 is 0 Å². The number of thioether (sulfide) groups is 1. The summed E-state index contributed by atoms with van der Waals surface area (Å²) in [5, 5.41) is 0. The predicted octanol–water partition coefficient (Wildman–Crippen LogP) is 9.91. The van der Waals surface area contributed by atoms with Gasteiger partial charge < -0.3 is 45.9 Å². The van der Waals surface area contributed by atoms with E-state index >= 15 is 0 Å². The van der Waals surface area contributed by atoms with E-state index in [9.17, 15) is 9.59 Å². The summed E-state index contributed by atoms with van der Waals surface area (Å²) in [6.45, 7) is 56.5. The van der Waals surface area contributed by atoms with Crippen molar-refractivity contribution in [2.75, 3.05) is 86.7 Å². The van der Waals surface area contributed by atoms with Gasteiger partial charge in [0.25, 0.3) is 0 Å². The molecule has 0 heterocycles. The van der Waals surface area contributed by atoms with Crippen molar-refractivity contribution >= 4 is 36.2 Å². The van der Waals surface area contributed by atoms with Crippen LogP contribution in [0, 0.1) is 0 Å². The van der Waals surface area contributed by atoms with Crippen LogP contribution in [0.3, 0.4) is 0 Å². The van der Waals surface area contributed by atoms with Gasteiger partial charge in [0.15, 0.2) is 0 Å². The second-order valence-electron chi connectivity index (χ2n) is 5.21. The number of carbonyl (C=O) groups is 2. The number of hydrogen-bond acceptors (Lipinski definition) is 14. The Morgan fingerprint density at radius 2 is 0.603 bits per heavy atom. The average molecular weight is 968 g/mol. The van der Waals surface area contributed by atoms with Crippen LogP contribution in [0.15, 0.2) is 50.6 Å². The zero-order valence-corrected chi connectivity index (χ0v) is 50.1. The Bertz CT molecular complexity index is 401. The topological polar surface area (TPSA) is 290 Å². The van der Waals surface area contributed by atoms with Crippen LogP contribution in [0.5, 0.6) is 0 Å². The molecular formula is C47H138N12O2S2. The molecule has 410 valence electrons. The first kappa shape index (κ1) is 144. The summed E-state index contributed by atoms with van der Waals surface area (Å²) in [4.78, 5) is 21.5. The van der Waals surface area contributed by atoms with E-state index in [1.54, 1.807) is 36.1 Å². The molecule has 0 aromatic carbocycles. The molecule has 0 aliphatic rings. The Morgan fingerprint density at radius 1 is 0.444 bits per heavy atom. The molecule has 16 heteroatoms. The van der Waals surface area contributed by atoms with Gasteiger partial charge in [0.1, 0.15) is 0 Å². The molecule has 0 bridgehead atoms. The maximum atomic E-state index is 10.9. The van der Waals surface area contributed by atoms with E-state index in [1.165, 1.54) is 56.4 Å². The van der Waals surface area contributed by atoms with E-state index in [0.717, 1.165) is 24.6 Å².